The van der Waals surface area contributed by atoms with Gasteiger partial charge in [-0.3, -0.25) is 0 Å². The van der Waals surface area contributed by atoms with Crippen LogP contribution >= 0.6 is 0 Å². The van der Waals surface area contributed by atoms with E-state index in [-0.39, 0.29) is 6.03 Å². The zero-order chi connectivity index (χ0) is 14.4. The summed E-state index contributed by atoms with van der Waals surface area (Å²) in [5.74, 6) is 0. The molecule has 0 radical (unpaired) electrons. The van der Waals surface area contributed by atoms with Gasteiger partial charge in [-0.2, -0.15) is 0 Å². The van der Waals surface area contributed by atoms with Crippen molar-refractivity contribution in [2.45, 2.75) is 38.6 Å². The minimum absolute atomic E-state index is 0.0357. The van der Waals surface area contributed by atoms with Crippen molar-refractivity contribution in [3.8, 4) is 0 Å². The molecule has 2 N–H and O–H groups in total. The fourth-order valence-electron chi connectivity index (χ4n) is 2.56. The smallest absolute Gasteiger partial charge is 0.321 e. The van der Waals surface area contributed by atoms with Crippen LogP contribution in [0.1, 0.15) is 31.2 Å². The van der Waals surface area contributed by atoms with Crippen molar-refractivity contribution >= 4 is 11.7 Å². The number of carbonyl (C=O) groups excluding carboxylic acids is 1. The number of hydrogen-bond donors (Lipinski definition) is 2. The summed E-state index contributed by atoms with van der Waals surface area (Å²) in [6, 6.07) is 8.41. The summed E-state index contributed by atoms with van der Waals surface area (Å²) in [6.45, 7) is 3.92. The molecule has 1 heterocycles. The van der Waals surface area contributed by atoms with Crippen LogP contribution < -0.4 is 10.6 Å². The monoisotopic (exact) mass is 275 g/mol. The number of nitrogens with one attached hydrogen (secondary N) is 2. The van der Waals surface area contributed by atoms with Crippen LogP contribution in [0.15, 0.2) is 24.3 Å². The van der Waals surface area contributed by atoms with Crippen LogP contribution in [0.3, 0.4) is 0 Å². The van der Waals surface area contributed by atoms with Crippen molar-refractivity contribution in [2.24, 2.45) is 0 Å². The molecule has 1 atom stereocenters. The van der Waals surface area contributed by atoms with Crippen molar-refractivity contribution in [2.75, 3.05) is 25.5 Å². The highest BCUT2D eigenvalue weighted by atomic mass is 16.2. The fourth-order valence-corrected chi connectivity index (χ4v) is 2.56. The fraction of sp³-hybridized carbons (Fsp3) is 0.562. The van der Waals surface area contributed by atoms with Crippen LogP contribution in [0, 0.1) is 6.92 Å². The molecule has 2 rings (SSSR count). The molecular formula is C16H25N3O. The van der Waals surface area contributed by atoms with Crippen LogP contribution in [0.2, 0.25) is 0 Å². The van der Waals surface area contributed by atoms with E-state index < -0.39 is 0 Å². The molecule has 1 aliphatic rings. The molecule has 0 saturated carbocycles. The van der Waals surface area contributed by atoms with Gasteiger partial charge in [0.2, 0.25) is 0 Å². The molecule has 4 nitrogen and oxygen atoms in total. The van der Waals surface area contributed by atoms with E-state index in [0.717, 1.165) is 30.8 Å². The Kier molecular flexibility index (Phi) is 5.41. The first-order valence-electron chi connectivity index (χ1n) is 7.47. The number of piperidine rings is 1. The van der Waals surface area contributed by atoms with Gasteiger partial charge in [0, 0.05) is 25.3 Å². The highest BCUT2D eigenvalue weighted by Gasteiger charge is 2.15. The summed E-state index contributed by atoms with van der Waals surface area (Å²) in [6.07, 6.45) is 4.84. The van der Waals surface area contributed by atoms with E-state index in [0.29, 0.717) is 6.04 Å². The maximum absolute atomic E-state index is 12.1. The molecule has 4 heteroatoms. The number of nitrogens with zero attached hydrogens (tertiary/aromatic N) is 1. The highest BCUT2D eigenvalue weighted by molar-refractivity contribution is 5.89. The van der Waals surface area contributed by atoms with E-state index in [1.807, 2.05) is 38.2 Å². The number of benzene rings is 1. The van der Waals surface area contributed by atoms with Crippen LogP contribution in [-0.4, -0.2) is 37.1 Å². The Morgan fingerprint density at radius 1 is 1.45 bits per heavy atom. The van der Waals surface area contributed by atoms with Crippen LogP contribution in [0.25, 0.3) is 0 Å². The average Bonchev–Trinajstić information content (AvgIpc) is 2.46. The molecule has 0 spiro atoms. The molecule has 1 aromatic rings. The van der Waals surface area contributed by atoms with E-state index in [2.05, 4.69) is 10.6 Å². The van der Waals surface area contributed by atoms with Gasteiger partial charge in [0.1, 0.15) is 0 Å². The zero-order valence-corrected chi connectivity index (χ0v) is 12.5. The predicted molar refractivity (Wildman–Crippen MR) is 83.1 cm³/mol. The van der Waals surface area contributed by atoms with Gasteiger partial charge >= 0.3 is 6.03 Å². The van der Waals surface area contributed by atoms with Gasteiger partial charge in [0.15, 0.2) is 0 Å². The van der Waals surface area contributed by atoms with Gasteiger partial charge in [-0.05, 0) is 50.4 Å². The zero-order valence-electron chi connectivity index (χ0n) is 12.5. The predicted octanol–water partition coefficient (Wildman–Crippen LogP) is 2.99. The number of hydrogen-bond acceptors (Lipinski definition) is 2. The van der Waals surface area contributed by atoms with Crippen molar-refractivity contribution in [1.82, 2.24) is 10.2 Å². The summed E-state index contributed by atoms with van der Waals surface area (Å²) < 4.78 is 0. The molecule has 1 unspecified atom stereocenters. The quantitative estimate of drug-likeness (QED) is 0.887. The SMILES string of the molecule is Cc1cccc(NC(=O)N(C)CCC2CCCCN2)c1. The summed E-state index contributed by atoms with van der Waals surface area (Å²) in [5, 5.41) is 6.45. The number of urea groups is 1. The lowest BCUT2D eigenvalue weighted by Crippen LogP contribution is -2.39. The lowest BCUT2D eigenvalue weighted by molar-refractivity contribution is 0.218. The van der Waals surface area contributed by atoms with Gasteiger partial charge in [-0.25, -0.2) is 4.79 Å². The molecule has 1 aliphatic heterocycles. The summed E-state index contributed by atoms with van der Waals surface area (Å²) in [7, 11) is 1.86. The molecule has 2 amide bonds. The second-order valence-electron chi connectivity index (χ2n) is 5.66. The third-order valence-electron chi connectivity index (χ3n) is 3.84. The van der Waals surface area contributed by atoms with Crippen LogP contribution in [0.5, 0.6) is 0 Å². The lowest BCUT2D eigenvalue weighted by Gasteiger charge is -2.26. The summed E-state index contributed by atoms with van der Waals surface area (Å²) >= 11 is 0. The largest absolute Gasteiger partial charge is 0.328 e. The van der Waals surface area contributed by atoms with Gasteiger partial charge in [-0.15, -0.1) is 0 Å². The summed E-state index contributed by atoms with van der Waals surface area (Å²) in [5.41, 5.74) is 2.01. The van der Waals surface area contributed by atoms with Crippen molar-refractivity contribution in [3.63, 3.8) is 0 Å². The molecule has 1 aromatic carbocycles. The Bertz CT molecular complexity index is 441. The summed E-state index contributed by atoms with van der Waals surface area (Å²) in [4.78, 5) is 13.9. The van der Waals surface area contributed by atoms with Crippen molar-refractivity contribution in [3.05, 3.63) is 29.8 Å². The number of aryl methyl sites for hydroxylation is 1. The molecule has 20 heavy (non-hydrogen) atoms. The molecule has 0 aliphatic carbocycles. The Morgan fingerprint density at radius 2 is 2.30 bits per heavy atom. The number of rotatable bonds is 4. The van der Waals surface area contributed by atoms with E-state index >= 15 is 0 Å². The molecule has 110 valence electrons. The van der Waals surface area contributed by atoms with E-state index in [1.165, 1.54) is 19.3 Å². The number of carbonyl (C=O) groups is 1. The number of amides is 2. The first-order chi connectivity index (χ1) is 9.65. The van der Waals surface area contributed by atoms with Gasteiger partial charge < -0.3 is 15.5 Å². The van der Waals surface area contributed by atoms with E-state index in [9.17, 15) is 4.79 Å². The maximum atomic E-state index is 12.1. The first kappa shape index (κ1) is 14.9. The standard InChI is InChI=1S/C16H25N3O/c1-13-6-5-8-15(12-13)18-16(20)19(2)11-9-14-7-3-4-10-17-14/h5-6,8,12,14,17H,3-4,7,9-11H2,1-2H3,(H,18,20). The van der Waals surface area contributed by atoms with Gasteiger partial charge in [0.05, 0.1) is 0 Å². The Morgan fingerprint density at radius 3 is 3.00 bits per heavy atom. The van der Waals surface area contributed by atoms with Gasteiger partial charge in [0.25, 0.3) is 0 Å². The second-order valence-corrected chi connectivity index (χ2v) is 5.66. The minimum Gasteiger partial charge on any atom is -0.328 e. The Labute approximate surface area is 121 Å². The van der Waals surface area contributed by atoms with E-state index in [1.54, 1.807) is 4.90 Å². The second kappa shape index (κ2) is 7.29. The van der Waals surface area contributed by atoms with Crippen molar-refractivity contribution < 1.29 is 4.79 Å². The third-order valence-corrected chi connectivity index (χ3v) is 3.84. The minimum atomic E-state index is -0.0357. The highest BCUT2D eigenvalue weighted by Crippen LogP contribution is 2.12. The number of anilines is 1. The van der Waals surface area contributed by atoms with Crippen LogP contribution in [-0.2, 0) is 0 Å². The maximum Gasteiger partial charge on any atom is 0.321 e. The molecule has 1 fully saturated rings. The van der Waals surface area contributed by atoms with Crippen molar-refractivity contribution in [1.29, 1.82) is 0 Å². The topological polar surface area (TPSA) is 44.4 Å². The molecule has 0 bridgehead atoms. The van der Waals surface area contributed by atoms with E-state index in [4.69, 9.17) is 0 Å². The molecule has 1 saturated heterocycles. The first-order valence-corrected chi connectivity index (χ1v) is 7.47. The lowest BCUT2D eigenvalue weighted by atomic mass is 10.0. The molecule has 0 aromatic heterocycles. The Hall–Kier alpha value is -1.55. The average molecular weight is 275 g/mol. The van der Waals surface area contributed by atoms with Gasteiger partial charge in [-0.1, -0.05) is 18.6 Å². The molecular weight excluding hydrogens is 250 g/mol. The third kappa shape index (κ3) is 4.53. The normalized spacial score (nSPS) is 18.6. The Balaban J connectivity index is 1.76. The van der Waals surface area contributed by atoms with Crippen LogP contribution in [0.4, 0.5) is 10.5 Å².